The van der Waals surface area contributed by atoms with Crippen molar-refractivity contribution in [2.75, 3.05) is 26.2 Å². The van der Waals surface area contributed by atoms with E-state index in [1.54, 1.807) is 4.90 Å². The fourth-order valence-corrected chi connectivity index (χ4v) is 30.3. The Bertz CT molecular complexity index is 2610. The number of carbonyl (C=O) groups excluding carboxylic acids is 2. The molecule has 4 saturated heterocycles. The van der Waals surface area contributed by atoms with E-state index in [2.05, 4.69) is 125 Å². The van der Waals surface area contributed by atoms with Crippen molar-refractivity contribution in [1.29, 1.82) is 0 Å². The molecule has 4 heterocycles. The summed E-state index contributed by atoms with van der Waals surface area (Å²) >= 11 is 0. The summed E-state index contributed by atoms with van der Waals surface area (Å²) in [7, 11) is -1.95. The summed E-state index contributed by atoms with van der Waals surface area (Å²) in [5.41, 5.74) is 2.21. The summed E-state index contributed by atoms with van der Waals surface area (Å²) < 4.78 is 34.9. The Labute approximate surface area is 529 Å². The Balaban J connectivity index is 0.000000163. The number of aliphatic hydroxyl groups excluding tert-OH is 2. The molecular weight excluding hydrogens is 1100 g/mol. The maximum Gasteiger partial charge on any atom is 0.410 e. The first-order valence-corrected chi connectivity index (χ1v) is 39.6. The molecule has 4 spiro atoms. The lowest BCUT2D eigenvalue weighted by Crippen LogP contribution is -2.60. The van der Waals surface area contributed by atoms with Gasteiger partial charge < -0.3 is 43.4 Å². The summed E-state index contributed by atoms with van der Waals surface area (Å²) in [5.74, 6) is 5.56. The molecule has 0 aromatic heterocycles. The molecule has 2 amide bonds. The molecular formula is C75H126N2O9Si. The maximum absolute atomic E-state index is 13.2. The van der Waals surface area contributed by atoms with Crippen LogP contribution < -0.4 is 0 Å². The Morgan fingerprint density at radius 2 is 0.954 bits per heavy atom. The van der Waals surface area contributed by atoms with E-state index in [0.29, 0.717) is 68.5 Å². The molecule has 11 nitrogen and oxygen atoms in total. The number of hydrogen-bond donors (Lipinski definition) is 2. The van der Waals surface area contributed by atoms with Gasteiger partial charge in [0.1, 0.15) is 12.2 Å². The van der Waals surface area contributed by atoms with Crippen molar-refractivity contribution < 1.29 is 43.2 Å². The third-order valence-corrected chi connectivity index (χ3v) is 37.8. The van der Waals surface area contributed by atoms with Crippen LogP contribution in [0.1, 0.15) is 240 Å². The van der Waals surface area contributed by atoms with Gasteiger partial charge in [-0.15, -0.1) is 0 Å². The summed E-state index contributed by atoms with van der Waals surface area (Å²) in [4.78, 5) is 29.7. The van der Waals surface area contributed by atoms with E-state index in [4.69, 9.17) is 23.4 Å². The van der Waals surface area contributed by atoms with Gasteiger partial charge in [-0.3, -0.25) is 0 Å². The molecule has 0 unspecified atom stereocenters. The van der Waals surface area contributed by atoms with Gasteiger partial charge in [0.25, 0.3) is 0 Å². The zero-order chi connectivity index (χ0) is 62.6. The van der Waals surface area contributed by atoms with Crippen molar-refractivity contribution in [2.45, 2.75) is 313 Å². The molecule has 26 atom stereocenters. The standard InChI is InChI=1S/C41H71NO4Si.C34H55NO5/c1-12-47(13-2,14-3)46-35-34-32(27(6)24-29(44-34)33(26(4)5)45-36(43)42-22-15-23-42)38(10)20-21-41-25-40(41)19-18-28(7)37(8,9)30(40)16-17-31(41)39(35,38)11;1-19(2)26(40-29(38)35-15-8-16-35)21-17-20(3)25-27(39-21)28(37)32(7)23-10-9-22-30(4,5)24(36)11-12-33(22)18-34(23,33)14-13-31(25,32)6/h26-35H,12-25H2,1-11H3;19-28,36-37H,8-18H2,1-7H3/t27-,28+,29-,30+,31+,32+,33-,34+,35+,38-,39-,40-,41+;20-,21-,22+,23+,24+,25+,26-,27+,28+,31-,32-,33-,34+/m11/s1. The number of carbonyl (C=O) groups is 2. The van der Waals surface area contributed by atoms with Crippen molar-refractivity contribution >= 4 is 20.5 Å². The van der Waals surface area contributed by atoms with Crippen LogP contribution in [-0.4, -0.2) is 122 Å². The van der Waals surface area contributed by atoms with Crippen LogP contribution in [0.2, 0.25) is 18.1 Å². The highest BCUT2D eigenvalue weighted by Crippen LogP contribution is 2.91. The van der Waals surface area contributed by atoms with Gasteiger partial charge in [0.15, 0.2) is 8.32 Å². The second kappa shape index (κ2) is 21.3. The normalized spacial score (nSPS) is 51.5. The molecule has 10 aliphatic carbocycles. The van der Waals surface area contributed by atoms with Gasteiger partial charge in [0, 0.05) is 37.0 Å². The van der Waals surface area contributed by atoms with E-state index in [1.807, 2.05) is 4.90 Å². The van der Waals surface area contributed by atoms with E-state index in [-0.39, 0.29) is 99.9 Å². The number of fused-ring (bicyclic) bond motifs is 8. The van der Waals surface area contributed by atoms with E-state index >= 15 is 0 Å². The number of aliphatic hydroxyl groups is 2. The number of nitrogens with zero attached hydrogens (tertiary/aromatic N) is 2. The average Bonchev–Trinajstić information content (AvgIpc) is 1.47. The lowest BCUT2D eigenvalue weighted by Gasteiger charge is -2.64. The molecule has 494 valence electrons. The summed E-state index contributed by atoms with van der Waals surface area (Å²) in [6.07, 6.45) is 20.1. The molecule has 87 heavy (non-hydrogen) atoms. The molecule has 14 fully saturated rings. The van der Waals surface area contributed by atoms with E-state index in [1.165, 1.54) is 82.3 Å². The van der Waals surface area contributed by atoms with Crippen LogP contribution in [0.4, 0.5) is 9.59 Å². The zero-order valence-corrected chi connectivity index (χ0v) is 59.4. The van der Waals surface area contributed by atoms with Crippen molar-refractivity contribution in [3.8, 4) is 0 Å². The maximum atomic E-state index is 13.2. The van der Waals surface area contributed by atoms with Gasteiger partial charge in [-0.2, -0.15) is 0 Å². The van der Waals surface area contributed by atoms with Crippen LogP contribution in [0.5, 0.6) is 0 Å². The quantitative estimate of drug-likeness (QED) is 0.194. The van der Waals surface area contributed by atoms with Gasteiger partial charge in [0.05, 0.1) is 42.7 Å². The zero-order valence-electron chi connectivity index (χ0n) is 58.4. The summed E-state index contributed by atoms with van der Waals surface area (Å²) in [6, 6.07) is 3.53. The predicted octanol–water partition coefficient (Wildman–Crippen LogP) is 16.4. The monoisotopic (exact) mass is 1230 g/mol. The highest BCUT2D eigenvalue weighted by atomic mass is 28.4. The molecule has 0 aromatic rings. The molecule has 14 rings (SSSR count). The minimum absolute atomic E-state index is 0.0269. The van der Waals surface area contributed by atoms with Crippen molar-refractivity contribution in [2.24, 2.45) is 119 Å². The fourth-order valence-electron chi connectivity index (χ4n) is 27.4. The molecule has 2 N–H and O–H groups in total. The number of rotatable bonds is 11. The molecule has 0 bridgehead atoms. The molecule has 4 aliphatic heterocycles. The van der Waals surface area contributed by atoms with E-state index in [9.17, 15) is 19.8 Å². The van der Waals surface area contributed by atoms with Gasteiger partial charge in [-0.25, -0.2) is 9.59 Å². The predicted molar refractivity (Wildman–Crippen MR) is 346 cm³/mol. The molecule has 0 radical (unpaired) electrons. The SMILES string of the molecule is CC(C)[C@@H](OC(=O)N1CCC1)[C@H]1C[C@@H](C)[C@H]2[C@H](O1)[C@H](O)[C@@]1(C)[C@@H]3CC[C@H]4C(C)(C)[C@@H](O)CC[C@@]45C[C@@]35CC[C@]21C.CC[Si](CC)(CC)O[C@H]1[C@H]2O[C@@H]([C@H](OC(=O)N3CCC3)C(C)C)C[C@@H](C)[C@@H]2[C@@]2(C)CC[C@@]34C[C@@]35CC[C@H](C)C(C)(C)[C@@H]5CC[C@H]4[C@]12C. The first-order chi connectivity index (χ1) is 40.9. The Morgan fingerprint density at radius 1 is 0.540 bits per heavy atom. The number of amides is 2. The third-order valence-electron chi connectivity index (χ3n) is 33.2. The second-order valence-electron chi connectivity index (χ2n) is 36.7. The molecule has 10 saturated carbocycles. The Hall–Kier alpha value is -1.44. The van der Waals surface area contributed by atoms with Crippen molar-refractivity contribution in [3.05, 3.63) is 0 Å². The summed E-state index contributed by atoms with van der Waals surface area (Å²) in [5, 5.41) is 23.4. The van der Waals surface area contributed by atoms with Crippen molar-refractivity contribution in [1.82, 2.24) is 9.80 Å². The minimum atomic E-state index is -1.95. The lowest BCUT2D eigenvalue weighted by molar-refractivity contribution is -0.185. The van der Waals surface area contributed by atoms with E-state index in [0.717, 1.165) is 89.4 Å². The summed E-state index contributed by atoms with van der Waals surface area (Å²) in [6.45, 7) is 46.8. The van der Waals surface area contributed by atoms with Gasteiger partial charge in [0.2, 0.25) is 0 Å². The second-order valence-corrected chi connectivity index (χ2v) is 41.5. The largest absolute Gasteiger partial charge is 0.443 e. The third kappa shape index (κ3) is 8.49. The Kier molecular flexibility index (Phi) is 15.7. The number of ether oxygens (including phenoxy) is 4. The number of hydrogen-bond acceptors (Lipinski definition) is 9. The minimum Gasteiger partial charge on any atom is -0.443 e. The van der Waals surface area contributed by atoms with Gasteiger partial charge >= 0.3 is 12.2 Å². The van der Waals surface area contributed by atoms with Crippen LogP contribution in [0.15, 0.2) is 0 Å². The van der Waals surface area contributed by atoms with Crippen LogP contribution >= 0.6 is 0 Å². The van der Waals surface area contributed by atoms with Crippen LogP contribution in [0, 0.1) is 119 Å². The first-order valence-electron chi connectivity index (χ1n) is 37.1. The first kappa shape index (κ1) is 64.3. The highest BCUT2D eigenvalue weighted by Gasteiger charge is 2.87. The Morgan fingerprint density at radius 3 is 1.41 bits per heavy atom. The van der Waals surface area contributed by atoms with Crippen LogP contribution in [0.25, 0.3) is 0 Å². The topological polar surface area (TPSA) is 127 Å². The fraction of sp³-hybridized carbons (Fsp3) is 0.973. The van der Waals surface area contributed by atoms with Crippen molar-refractivity contribution in [3.63, 3.8) is 0 Å². The van der Waals surface area contributed by atoms with Crippen LogP contribution in [0.3, 0.4) is 0 Å². The van der Waals surface area contributed by atoms with Gasteiger partial charge in [-0.1, -0.05) is 125 Å². The molecule has 0 aromatic carbocycles. The lowest BCUT2D eigenvalue weighted by atomic mass is 9.41. The number of likely N-dealkylation sites (tertiary alicyclic amines) is 2. The molecule has 14 aliphatic rings. The highest BCUT2D eigenvalue weighted by molar-refractivity contribution is 6.73. The molecule has 12 heteroatoms. The smallest absolute Gasteiger partial charge is 0.410 e. The average molecular weight is 1230 g/mol. The van der Waals surface area contributed by atoms with Crippen LogP contribution in [-0.2, 0) is 23.4 Å². The van der Waals surface area contributed by atoms with Gasteiger partial charge in [-0.05, 0) is 242 Å². The van der Waals surface area contributed by atoms with E-state index < -0.39 is 14.4 Å².